The summed E-state index contributed by atoms with van der Waals surface area (Å²) in [5.74, 6) is -0.0967. The molecule has 0 aliphatic heterocycles. The maximum atomic E-state index is 13.4. The number of rotatable bonds is 5. The van der Waals surface area contributed by atoms with Gasteiger partial charge in [-0.1, -0.05) is 42.5 Å². The fourth-order valence-electron chi connectivity index (χ4n) is 3.52. The van der Waals surface area contributed by atoms with Crippen LogP contribution < -0.4 is 5.48 Å². The number of nitrogens with one attached hydrogen (secondary N) is 1. The molecular formula is C24H20FN3O2. The Bertz CT molecular complexity index is 1230. The van der Waals surface area contributed by atoms with Crippen LogP contribution in [-0.2, 0) is 4.79 Å². The molecule has 0 fully saturated rings. The molecule has 5 nitrogen and oxygen atoms in total. The minimum absolute atomic E-state index is 0.0765. The van der Waals surface area contributed by atoms with Crippen molar-refractivity contribution in [3.8, 4) is 11.4 Å². The molecule has 0 aliphatic rings. The van der Waals surface area contributed by atoms with Crippen LogP contribution in [0.25, 0.3) is 28.5 Å². The zero-order chi connectivity index (χ0) is 21.1. The molecule has 30 heavy (non-hydrogen) atoms. The Kier molecular flexibility index (Phi) is 5.41. The first-order valence-corrected chi connectivity index (χ1v) is 9.52. The van der Waals surface area contributed by atoms with E-state index >= 15 is 0 Å². The normalized spacial score (nSPS) is 12.4. The molecule has 4 aromatic rings. The number of halogens is 1. The van der Waals surface area contributed by atoms with Gasteiger partial charge in [0.25, 0.3) is 5.91 Å². The number of carbonyl (C=O) groups excluding carboxylic acids is 1. The molecule has 1 aromatic heterocycles. The number of nitrogens with zero attached hydrogens (tertiary/aromatic N) is 2. The van der Waals surface area contributed by atoms with Gasteiger partial charge in [-0.25, -0.2) is 14.9 Å². The molecule has 1 amide bonds. The number of aromatic nitrogens is 2. The third-order valence-electron chi connectivity index (χ3n) is 5.02. The molecule has 1 heterocycles. The highest BCUT2D eigenvalue weighted by Gasteiger charge is 2.18. The Morgan fingerprint density at radius 3 is 2.63 bits per heavy atom. The molecule has 0 aliphatic carbocycles. The van der Waals surface area contributed by atoms with E-state index in [-0.39, 0.29) is 11.9 Å². The number of hydroxylamine groups is 1. The fourth-order valence-corrected chi connectivity index (χ4v) is 3.52. The van der Waals surface area contributed by atoms with E-state index in [0.717, 1.165) is 33.5 Å². The largest absolute Gasteiger partial charge is 0.317 e. The molecule has 0 bridgehead atoms. The third-order valence-corrected chi connectivity index (χ3v) is 5.02. The van der Waals surface area contributed by atoms with Gasteiger partial charge < -0.3 is 4.57 Å². The van der Waals surface area contributed by atoms with Crippen molar-refractivity contribution in [1.29, 1.82) is 0 Å². The average molecular weight is 401 g/mol. The van der Waals surface area contributed by atoms with Gasteiger partial charge in [0.2, 0.25) is 0 Å². The minimum Gasteiger partial charge on any atom is -0.317 e. The smallest absolute Gasteiger partial charge is 0.267 e. The van der Waals surface area contributed by atoms with Gasteiger partial charge >= 0.3 is 0 Å². The van der Waals surface area contributed by atoms with Crippen molar-refractivity contribution in [3.63, 3.8) is 0 Å². The van der Waals surface area contributed by atoms with Crippen molar-refractivity contribution in [1.82, 2.24) is 15.0 Å². The molecule has 0 saturated carbocycles. The van der Waals surface area contributed by atoms with Gasteiger partial charge in [-0.15, -0.1) is 0 Å². The van der Waals surface area contributed by atoms with Crippen molar-refractivity contribution in [2.45, 2.75) is 13.0 Å². The van der Waals surface area contributed by atoms with Crippen molar-refractivity contribution in [3.05, 3.63) is 95.8 Å². The molecule has 1 unspecified atom stereocenters. The third kappa shape index (κ3) is 3.86. The van der Waals surface area contributed by atoms with Crippen LogP contribution in [0.4, 0.5) is 4.39 Å². The minimum atomic E-state index is -0.599. The highest BCUT2D eigenvalue weighted by atomic mass is 19.1. The van der Waals surface area contributed by atoms with E-state index < -0.39 is 5.91 Å². The first-order chi connectivity index (χ1) is 14.6. The van der Waals surface area contributed by atoms with E-state index in [1.807, 2.05) is 48.5 Å². The van der Waals surface area contributed by atoms with Crippen LogP contribution in [0.3, 0.4) is 0 Å². The van der Waals surface area contributed by atoms with Crippen LogP contribution in [-0.4, -0.2) is 20.7 Å². The van der Waals surface area contributed by atoms with Crippen LogP contribution in [0.1, 0.15) is 24.1 Å². The summed E-state index contributed by atoms with van der Waals surface area (Å²) in [5.41, 5.74) is 6.06. The average Bonchev–Trinajstić information content (AvgIpc) is 3.17. The Morgan fingerprint density at radius 2 is 1.87 bits per heavy atom. The Balaban J connectivity index is 1.84. The number of hydrogen-bond acceptors (Lipinski definition) is 3. The maximum Gasteiger partial charge on any atom is 0.267 e. The summed E-state index contributed by atoms with van der Waals surface area (Å²) in [5, 5.41) is 8.66. The second-order valence-electron chi connectivity index (χ2n) is 6.96. The lowest BCUT2D eigenvalue weighted by Gasteiger charge is -2.18. The van der Waals surface area contributed by atoms with Gasteiger partial charge in [0.15, 0.2) is 0 Å². The predicted octanol–water partition coefficient (Wildman–Crippen LogP) is 4.97. The molecule has 0 radical (unpaired) electrons. The summed E-state index contributed by atoms with van der Waals surface area (Å²) in [6, 6.07) is 21.9. The Hall–Kier alpha value is -3.77. The Labute approximate surface area is 173 Å². The van der Waals surface area contributed by atoms with E-state index in [1.165, 1.54) is 18.2 Å². The monoisotopic (exact) mass is 401 g/mol. The van der Waals surface area contributed by atoms with Gasteiger partial charge in [0.1, 0.15) is 11.6 Å². The topological polar surface area (TPSA) is 67.2 Å². The summed E-state index contributed by atoms with van der Waals surface area (Å²) < 4.78 is 15.6. The van der Waals surface area contributed by atoms with Crippen molar-refractivity contribution in [2.24, 2.45) is 0 Å². The van der Waals surface area contributed by atoms with Crippen LogP contribution in [0.15, 0.2) is 78.9 Å². The molecule has 4 rings (SSSR count). The molecule has 0 saturated heterocycles. The zero-order valence-electron chi connectivity index (χ0n) is 16.3. The molecule has 0 spiro atoms. The summed E-state index contributed by atoms with van der Waals surface area (Å²) in [6.45, 7) is 2.06. The number of fused-ring (bicyclic) bond motifs is 1. The van der Waals surface area contributed by atoms with Crippen LogP contribution in [0.2, 0.25) is 0 Å². The van der Waals surface area contributed by atoms with Gasteiger partial charge in [0.05, 0.1) is 17.1 Å². The van der Waals surface area contributed by atoms with E-state index in [1.54, 1.807) is 23.7 Å². The molecule has 3 aromatic carbocycles. The van der Waals surface area contributed by atoms with E-state index in [9.17, 15) is 9.18 Å². The first kappa shape index (κ1) is 19.5. The van der Waals surface area contributed by atoms with E-state index in [4.69, 9.17) is 10.2 Å². The molecular weight excluding hydrogens is 381 g/mol. The van der Waals surface area contributed by atoms with Crippen LogP contribution in [0.5, 0.6) is 0 Å². The van der Waals surface area contributed by atoms with Gasteiger partial charge in [0, 0.05) is 11.6 Å². The first-order valence-electron chi connectivity index (χ1n) is 9.52. The van der Waals surface area contributed by atoms with Gasteiger partial charge in [-0.05, 0) is 54.5 Å². The lowest BCUT2D eigenvalue weighted by Crippen LogP contribution is -2.14. The second-order valence-corrected chi connectivity index (χ2v) is 6.96. The standard InChI is InChI=1S/C24H20FN3O2/c1-16(18-10-12-20(25)13-11-18)28-22-8-3-2-7-21(22)26-24(28)19-6-4-5-17(15-19)9-14-23(29)27-30/h2-16,30H,1H3,(H,27,29). The van der Waals surface area contributed by atoms with Crippen molar-refractivity contribution >= 4 is 23.0 Å². The summed E-state index contributed by atoms with van der Waals surface area (Å²) in [7, 11) is 0. The lowest BCUT2D eigenvalue weighted by atomic mass is 10.1. The highest BCUT2D eigenvalue weighted by molar-refractivity contribution is 5.91. The Morgan fingerprint density at radius 1 is 1.10 bits per heavy atom. The molecule has 1 atom stereocenters. The van der Waals surface area contributed by atoms with Crippen molar-refractivity contribution in [2.75, 3.05) is 0 Å². The summed E-state index contributed by atoms with van der Waals surface area (Å²) >= 11 is 0. The van der Waals surface area contributed by atoms with E-state index in [0.29, 0.717) is 0 Å². The predicted molar refractivity (Wildman–Crippen MR) is 114 cm³/mol. The number of imidazole rings is 1. The number of hydrogen-bond donors (Lipinski definition) is 2. The number of benzene rings is 3. The molecule has 2 N–H and O–H groups in total. The number of carbonyl (C=O) groups is 1. The quantitative estimate of drug-likeness (QED) is 0.282. The highest BCUT2D eigenvalue weighted by Crippen LogP contribution is 2.32. The zero-order valence-corrected chi connectivity index (χ0v) is 16.3. The van der Waals surface area contributed by atoms with Crippen LogP contribution >= 0.6 is 0 Å². The molecule has 6 heteroatoms. The van der Waals surface area contributed by atoms with E-state index in [2.05, 4.69) is 11.5 Å². The fraction of sp³-hybridized carbons (Fsp3) is 0.0833. The van der Waals surface area contributed by atoms with Crippen LogP contribution in [0, 0.1) is 5.82 Å². The van der Waals surface area contributed by atoms with Gasteiger partial charge in [-0.3, -0.25) is 10.0 Å². The maximum absolute atomic E-state index is 13.4. The lowest BCUT2D eigenvalue weighted by molar-refractivity contribution is -0.124. The second kappa shape index (κ2) is 8.31. The number of amides is 1. The summed E-state index contributed by atoms with van der Waals surface area (Å²) in [4.78, 5) is 16.1. The molecule has 150 valence electrons. The van der Waals surface area contributed by atoms with Crippen molar-refractivity contribution < 1.29 is 14.4 Å². The SMILES string of the molecule is CC(c1ccc(F)cc1)n1c(-c2cccc(C=CC(=O)NO)c2)nc2ccccc21. The van der Waals surface area contributed by atoms with Gasteiger partial charge in [-0.2, -0.15) is 0 Å². The summed E-state index contributed by atoms with van der Waals surface area (Å²) in [6.07, 6.45) is 2.87. The number of para-hydroxylation sites is 2.